The maximum atomic E-state index is 4.56. The van der Waals surface area contributed by atoms with Crippen molar-refractivity contribution in [1.82, 2.24) is 15.3 Å². The van der Waals surface area contributed by atoms with Gasteiger partial charge in [-0.1, -0.05) is 12.2 Å². The zero-order valence-corrected chi connectivity index (χ0v) is 11.5. The molecular formula is C14H22N4. The lowest BCUT2D eigenvalue weighted by molar-refractivity contribution is 0.678. The van der Waals surface area contributed by atoms with Crippen molar-refractivity contribution in [3.8, 4) is 0 Å². The van der Waals surface area contributed by atoms with Crippen molar-refractivity contribution in [3.05, 3.63) is 29.6 Å². The van der Waals surface area contributed by atoms with Crippen LogP contribution in [0.15, 0.2) is 18.3 Å². The number of anilines is 1. The first kappa shape index (κ1) is 13.0. The zero-order chi connectivity index (χ0) is 13.1. The van der Waals surface area contributed by atoms with Gasteiger partial charge in [0.2, 0.25) is 5.95 Å². The van der Waals surface area contributed by atoms with Crippen molar-refractivity contribution < 1.29 is 0 Å². The fraction of sp³-hybridized carbons (Fsp3) is 0.571. The molecule has 0 aromatic carbocycles. The second kappa shape index (κ2) is 5.48. The minimum absolute atomic E-state index is 0.718. The summed E-state index contributed by atoms with van der Waals surface area (Å²) in [7, 11) is 1.99. The number of aromatic nitrogens is 2. The van der Waals surface area contributed by atoms with Crippen LogP contribution in [0.4, 0.5) is 5.95 Å². The smallest absolute Gasteiger partial charge is 0.225 e. The highest BCUT2D eigenvalue weighted by Gasteiger charge is 2.20. The van der Waals surface area contributed by atoms with E-state index in [0.29, 0.717) is 0 Å². The normalized spacial score (nSPS) is 14.6. The van der Waals surface area contributed by atoms with Crippen molar-refractivity contribution in [2.75, 3.05) is 18.5 Å². The standard InChI is InChI=1S/C14H22N4/c1-10(2)9-18(4)14-16-8-12(11(3)17-14)7-15-13-5-6-13/h8,13,15H,1,5-7,9H2,2-4H3. The van der Waals surface area contributed by atoms with E-state index in [9.17, 15) is 0 Å². The SMILES string of the molecule is C=C(C)CN(C)c1ncc(CNC2CC2)c(C)n1. The number of aryl methyl sites for hydroxylation is 1. The van der Waals surface area contributed by atoms with Crippen LogP contribution in [0.2, 0.25) is 0 Å². The minimum Gasteiger partial charge on any atom is -0.340 e. The third-order valence-corrected chi connectivity index (χ3v) is 3.08. The topological polar surface area (TPSA) is 41.1 Å². The Morgan fingerprint density at radius 1 is 1.56 bits per heavy atom. The fourth-order valence-electron chi connectivity index (χ4n) is 1.85. The van der Waals surface area contributed by atoms with Gasteiger partial charge in [-0.15, -0.1) is 0 Å². The average molecular weight is 246 g/mol. The van der Waals surface area contributed by atoms with Crippen LogP contribution < -0.4 is 10.2 Å². The van der Waals surface area contributed by atoms with E-state index in [4.69, 9.17) is 0 Å². The molecule has 1 N–H and O–H groups in total. The molecule has 0 unspecified atom stereocenters. The number of rotatable bonds is 6. The summed E-state index contributed by atoms with van der Waals surface area (Å²) < 4.78 is 0. The second-order valence-electron chi connectivity index (χ2n) is 5.25. The van der Waals surface area contributed by atoms with Gasteiger partial charge in [0.05, 0.1) is 0 Å². The van der Waals surface area contributed by atoms with E-state index in [-0.39, 0.29) is 0 Å². The molecule has 98 valence electrons. The highest BCUT2D eigenvalue weighted by atomic mass is 15.2. The highest BCUT2D eigenvalue weighted by molar-refractivity contribution is 5.33. The number of hydrogen-bond donors (Lipinski definition) is 1. The lowest BCUT2D eigenvalue weighted by Gasteiger charge is -2.18. The van der Waals surface area contributed by atoms with Gasteiger partial charge in [-0.2, -0.15) is 0 Å². The van der Waals surface area contributed by atoms with Crippen molar-refractivity contribution >= 4 is 5.95 Å². The molecule has 1 aliphatic rings. The van der Waals surface area contributed by atoms with Crippen LogP contribution in [-0.2, 0) is 6.54 Å². The molecule has 18 heavy (non-hydrogen) atoms. The van der Waals surface area contributed by atoms with Crippen molar-refractivity contribution in [1.29, 1.82) is 0 Å². The molecule has 1 aromatic rings. The first-order valence-corrected chi connectivity index (χ1v) is 6.47. The lowest BCUT2D eigenvalue weighted by Crippen LogP contribution is -2.23. The molecule has 1 aromatic heterocycles. The van der Waals surface area contributed by atoms with Gasteiger partial charge in [0.25, 0.3) is 0 Å². The molecule has 0 atom stereocenters. The van der Waals surface area contributed by atoms with Gasteiger partial charge in [-0.3, -0.25) is 0 Å². The van der Waals surface area contributed by atoms with Crippen LogP contribution in [-0.4, -0.2) is 29.6 Å². The minimum atomic E-state index is 0.718. The first-order valence-electron chi connectivity index (χ1n) is 6.47. The summed E-state index contributed by atoms with van der Waals surface area (Å²) in [6, 6.07) is 0.718. The van der Waals surface area contributed by atoms with Gasteiger partial charge in [0.15, 0.2) is 0 Å². The molecular weight excluding hydrogens is 224 g/mol. The van der Waals surface area contributed by atoms with E-state index in [1.165, 1.54) is 18.4 Å². The molecule has 0 amide bonds. The van der Waals surface area contributed by atoms with E-state index in [2.05, 4.69) is 21.9 Å². The highest BCUT2D eigenvalue weighted by Crippen LogP contribution is 2.20. The molecule has 2 rings (SSSR count). The van der Waals surface area contributed by atoms with Gasteiger partial charge in [0, 0.05) is 43.6 Å². The monoisotopic (exact) mass is 246 g/mol. The average Bonchev–Trinajstić information content (AvgIpc) is 3.10. The molecule has 1 fully saturated rings. The Bertz CT molecular complexity index is 437. The van der Waals surface area contributed by atoms with E-state index in [1.807, 2.05) is 32.0 Å². The third-order valence-electron chi connectivity index (χ3n) is 3.08. The van der Waals surface area contributed by atoms with Gasteiger partial charge in [-0.25, -0.2) is 9.97 Å². The van der Waals surface area contributed by atoms with Gasteiger partial charge in [-0.05, 0) is 26.7 Å². The van der Waals surface area contributed by atoms with Crippen LogP contribution in [0.5, 0.6) is 0 Å². The maximum absolute atomic E-state index is 4.56. The molecule has 0 bridgehead atoms. The Kier molecular flexibility index (Phi) is 3.97. The van der Waals surface area contributed by atoms with E-state index in [1.54, 1.807) is 0 Å². The Balaban J connectivity index is 2.00. The summed E-state index contributed by atoms with van der Waals surface area (Å²) in [6.07, 6.45) is 4.54. The summed E-state index contributed by atoms with van der Waals surface area (Å²) in [4.78, 5) is 11.0. The number of likely N-dealkylation sites (N-methyl/N-ethyl adjacent to an activating group) is 1. The molecule has 1 heterocycles. The van der Waals surface area contributed by atoms with E-state index in [0.717, 1.165) is 36.3 Å². The largest absolute Gasteiger partial charge is 0.340 e. The van der Waals surface area contributed by atoms with E-state index < -0.39 is 0 Å². The maximum Gasteiger partial charge on any atom is 0.225 e. The van der Waals surface area contributed by atoms with Gasteiger partial charge >= 0.3 is 0 Å². The van der Waals surface area contributed by atoms with Gasteiger partial charge < -0.3 is 10.2 Å². The molecule has 4 heteroatoms. The Hall–Kier alpha value is -1.42. The number of nitrogens with one attached hydrogen (secondary N) is 1. The summed E-state index contributed by atoms with van der Waals surface area (Å²) in [5.41, 5.74) is 3.36. The molecule has 1 aliphatic carbocycles. The van der Waals surface area contributed by atoms with Crippen molar-refractivity contribution in [2.45, 2.75) is 39.3 Å². The van der Waals surface area contributed by atoms with Crippen LogP contribution in [0.3, 0.4) is 0 Å². The zero-order valence-electron chi connectivity index (χ0n) is 11.5. The van der Waals surface area contributed by atoms with Crippen molar-refractivity contribution in [2.24, 2.45) is 0 Å². The molecule has 4 nitrogen and oxygen atoms in total. The third kappa shape index (κ3) is 3.53. The number of hydrogen-bond acceptors (Lipinski definition) is 4. The fourth-order valence-corrected chi connectivity index (χ4v) is 1.85. The summed E-state index contributed by atoms with van der Waals surface area (Å²) in [5, 5.41) is 3.49. The Labute approximate surface area is 109 Å². The molecule has 0 spiro atoms. The Morgan fingerprint density at radius 3 is 2.83 bits per heavy atom. The van der Waals surface area contributed by atoms with Gasteiger partial charge in [0.1, 0.15) is 0 Å². The second-order valence-corrected chi connectivity index (χ2v) is 5.25. The lowest BCUT2D eigenvalue weighted by atomic mass is 10.2. The summed E-state index contributed by atoms with van der Waals surface area (Å²) in [6.45, 7) is 9.63. The summed E-state index contributed by atoms with van der Waals surface area (Å²) in [5.74, 6) is 0.769. The predicted octanol–water partition coefficient (Wildman–Crippen LogP) is 2.05. The molecule has 0 aliphatic heterocycles. The summed E-state index contributed by atoms with van der Waals surface area (Å²) >= 11 is 0. The quantitative estimate of drug-likeness (QED) is 0.780. The molecule has 0 saturated heterocycles. The first-order chi connectivity index (χ1) is 8.56. The molecule has 1 saturated carbocycles. The number of nitrogens with zero attached hydrogens (tertiary/aromatic N) is 3. The molecule has 0 radical (unpaired) electrons. The van der Waals surface area contributed by atoms with E-state index >= 15 is 0 Å². The van der Waals surface area contributed by atoms with Crippen LogP contribution in [0, 0.1) is 6.92 Å². The Morgan fingerprint density at radius 2 is 2.28 bits per heavy atom. The van der Waals surface area contributed by atoms with Crippen LogP contribution in [0.25, 0.3) is 0 Å². The van der Waals surface area contributed by atoms with Crippen molar-refractivity contribution in [3.63, 3.8) is 0 Å². The van der Waals surface area contributed by atoms with Crippen LogP contribution in [0.1, 0.15) is 31.0 Å². The predicted molar refractivity (Wildman–Crippen MR) is 74.7 cm³/mol. The van der Waals surface area contributed by atoms with Crippen LogP contribution >= 0.6 is 0 Å².